The fourth-order valence-corrected chi connectivity index (χ4v) is 2.64. The topological polar surface area (TPSA) is 24.1 Å². The minimum atomic E-state index is -4.25. The number of para-hydroxylation sites is 1. The fourth-order valence-electron chi connectivity index (χ4n) is 1.99. The molecule has 2 N–H and O–H groups in total. The van der Waals surface area contributed by atoms with Crippen molar-refractivity contribution in [3.8, 4) is 0 Å². The van der Waals surface area contributed by atoms with Crippen molar-refractivity contribution in [2.24, 2.45) is 0 Å². The number of halogens is 3. The van der Waals surface area contributed by atoms with Gasteiger partial charge in [-0.15, -0.1) is 0 Å². The Kier molecular flexibility index (Phi) is 4.40. The van der Waals surface area contributed by atoms with Crippen LogP contribution in [0.4, 0.5) is 18.9 Å². The van der Waals surface area contributed by atoms with Gasteiger partial charge >= 0.3 is 5.51 Å². The summed E-state index contributed by atoms with van der Waals surface area (Å²) in [6, 6.07) is 6.89. The number of alkyl halides is 3. The van der Waals surface area contributed by atoms with Gasteiger partial charge in [0.2, 0.25) is 0 Å². The Labute approximate surface area is 108 Å². The van der Waals surface area contributed by atoms with Crippen molar-refractivity contribution in [3.63, 3.8) is 0 Å². The van der Waals surface area contributed by atoms with Crippen LogP contribution >= 0.6 is 11.8 Å². The first kappa shape index (κ1) is 13.5. The van der Waals surface area contributed by atoms with Crippen molar-refractivity contribution in [2.45, 2.75) is 29.3 Å². The fraction of sp³-hybridized carbons (Fsp3) is 0.500. The summed E-state index contributed by atoms with van der Waals surface area (Å²) < 4.78 is 37.2. The molecule has 0 aliphatic carbocycles. The van der Waals surface area contributed by atoms with Crippen molar-refractivity contribution in [3.05, 3.63) is 24.3 Å². The smallest absolute Gasteiger partial charge is 0.383 e. The third-order valence-electron chi connectivity index (χ3n) is 2.81. The molecular formula is C12H15F3N2S. The summed E-state index contributed by atoms with van der Waals surface area (Å²) in [6.45, 7) is 1.65. The molecule has 100 valence electrons. The maximum absolute atomic E-state index is 12.4. The van der Waals surface area contributed by atoms with E-state index in [1.165, 1.54) is 6.07 Å². The third-order valence-corrected chi connectivity index (χ3v) is 3.62. The Morgan fingerprint density at radius 2 is 2.11 bits per heavy atom. The quantitative estimate of drug-likeness (QED) is 0.824. The van der Waals surface area contributed by atoms with Crippen molar-refractivity contribution in [2.75, 3.05) is 18.4 Å². The van der Waals surface area contributed by atoms with Gasteiger partial charge in [0.05, 0.1) is 0 Å². The molecule has 1 atom stereocenters. The first-order valence-electron chi connectivity index (χ1n) is 5.86. The van der Waals surface area contributed by atoms with Gasteiger partial charge in [-0.2, -0.15) is 13.2 Å². The number of thioether (sulfide) groups is 1. The van der Waals surface area contributed by atoms with Crippen LogP contribution < -0.4 is 10.6 Å². The molecule has 6 heteroatoms. The number of rotatable bonds is 4. The lowest BCUT2D eigenvalue weighted by atomic mass is 10.2. The van der Waals surface area contributed by atoms with Gasteiger partial charge in [0.1, 0.15) is 0 Å². The summed E-state index contributed by atoms with van der Waals surface area (Å²) >= 11 is -0.0731. The highest BCUT2D eigenvalue weighted by atomic mass is 32.2. The third kappa shape index (κ3) is 4.10. The molecule has 0 radical (unpaired) electrons. The molecule has 0 bridgehead atoms. The molecule has 1 fully saturated rings. The first-order chi connectivity index (χ1) is 8.54. The molecule has 1 heterocycles. The molecule has 0 spiro atoms. The Morgan fingerprint density at radius 3 is 2.78 bits per heavy atom. The summed E-state index contributed by atoms with van der Waals surface area (Å²) in [5.74, 6) is 0. The second-order valence-electron chi connectivity index (χ2n) is 4.22. The van der Waals surface area contributed by atoms with E-state index in [9.17, 15) is 13.2 Å². The average Bonchev–Trinajstić information content (AvgIpc) is 2.79. The van der Waals surface area contributed by atoms with Crippen molar-refractivity contribution in [1.29, 1.82) is 0 Å². The Hall–Kier alpha value is -0.880. The highest BCUT2D eigenvalue weighted by Gasteiger charge is 2.30. The molecule has 2 rings (SSSR count). The molecule has 0 saturated carbocycles. The zero-order valence-corrected chi connectivity index (χ0v) is 10.6. The van der Waals surface area contributed by atoms with Gasteiger partial charge in [0, 0.05) is 23.2 Å². The van der Waals surface area contributed by atoms with Crippen LogP contribution in [-0.4, -0.2) is 24.6 Å². The van der Waals surface area contributed by atoms with Crippen LogP contribution in [0.1, 0.15) is 12.8 Å². The Balaban J connectivity index is 1.98. The predicted molar refractivity (Wildman–Crippen MR) is 67.9 cm³/mol. The zero-order valence-electron chi connectivity index (χ0n) is 9.76. The molecule has 1 aromatic carbocycles. The van der Waals surface area contributed by atoms with E-state index in [2.05, 4.69) is 10.6 Å². The first-order valence-corrected chi connectivity index (χ1v) is 6.68. The summed E-state index contributed by atoms with van der Waals surface area (Å²) in [5, 5.41) is 6.40. The van der Waals surface area contributed by atoms with Crippen LogP contribution in [-0.2, 0) is 0 Å². The lowest BCUT2D eigenvalue weighted by Gasteiger charge is -2.16. The molecule has 1 saturated heterocycles. The number of hydrogen-bond donors (Lipinski definition) is 2. The highest BCUT2D eigenvalue weighted by molar-refractivity contribution is 8.00. The molecule has 1 aliphatic heterocycles. The van der Waals surface area contributed by atoms with E-state index in [4.69, 9.17) is 0 Å². The van der Waals surface area contributed by atoms with Gasteiger partial charge in [0.15, 0.2) is 0 Å². The maximum atomic E-state index is 12.4. The maximum Gasteiger partial charge on any atom is 0.446 e. The SMILES string of the molecule is FC(F)(F)Sc1ccccc1NCC1CCCN1. The van der Waals surface area contributed by atoms with Crippen molar-refractivity contribution in [1.82, 2.24) is 5.32 Å². The van der Waals surface area contributed by atoms with Crippen LogP contribution in [0.2, 0.25) is 0 Å². The summed E-state index contributed by atoms with van der Waals surface area (Å²) in [4.78, 5) is 0.225. The van der Waals surface area contributed by atoms with Crippen LogP contribution in [0.15, 0.2) is 29.2 Å². The number of hydrogen-bond acceptors (Lipinski definition) is 3. The highest BCUT2D eigenvalue weighted by Crippen LogP contribution is 2.40. The zero-order chi connectivity index (χ0) is 13.0. The summed E-state index contributed by atoms with van der Waals surface area (Å²) in [6.07, 6.45) is 2.20. The van der Waals surface area contributed by atoms with Gasteiger partial charge in [-0.25, -0.2) is 0 Å². The largest absolute Gasteiger partial charge is 0.446 e. The van der Waals surface area contributed by atoms with E-state index in [1.807, 2.05) is 0 Å². The Bertz CT molecular complexity index is 389. The van der Waals surface area contributed by atoms with E-state index >= 15 is 0 Å². The van der Waals surface area contributed by atoms with Gasteiger partial charge < -0.3 is 10.6 Å². The molecule has 0 aromatic heterocycles. The van der Waals surface area contributed by atoms with Crippen LogP contribution in [0, 0.1) is 0 Å². The lowest BCUT2D eigenvalue weighted by molar-refractivity contribution is -0.0327. The summed E-state index contributed by atoms with van der Waals surface area (Å²) in [5.41, 5.74) is -3.70. The lowest BCUT2D eigenvalue weighted by Crippen LogP contribution is -2.29. The second kappa shape index (κ2) is 5.84. The van der Waals surface area contributed by atoms with E-state index in [0.717, 1.165) is 19.4 Å². The average molecular weight is 276 g/mol. The van der Waals surface area contributed by atoms with Gasteiger partial charge in [-0.1, -0.05) is 12.1 Å². The molecule has 1 aliphatic rings. The molecule has 1 aromatic rings. The standard InChI is InChI=1S/C12H15F3N2S/c13-12(14,15)18-11-6-2-1-5-10(11)17-8-9-4-3-7-16-9/h1-2,5-6,9,16-17H,3-4,7-8H2. The van der Waals surface area contributed by atoms with Crippen molar-refractivity contribution < 1.29 is 13.2 Å². The molecule has 2 nitrogen and oxygen atoms in total. The van der Waals surface area contributed by atoms with Gasteiger partial charge in [0.25, 0.3) is 0 Å². The summed E-state index contributed by atoms with van der Waals surface area (Å²) in [7, 11) is 0. The number of anilines is 1. The monoisotopic (exact) mass is 276 g/mol. The van der Waals surface area contributed by atoms with E-state index in [1.54, 1.807) is 18.2 Å². The van der Waals surface area contributed by atoms with E-state index in [0.29, 0.717) is 18.3 Å². The molecule has 0 amide bonds. The normalized spacial score (nSPS) is 20.1. The Morgan fingerprint density at radius 1 is 1.33 bits per heavy atom. The predicted octanol–water partition coefficient (Wildman–Crippen LogP) is 3.46. The van der Waals surface area contributed by atoms with Gasteiger partial charge in [-0.3, -0.25) is 0 Å². The molecular weight excluding hydrogens is 261 g/mol. The van der Waals surface area contributed by atoms with Gasteiger partial charge in [-0.05, 0) is 43.3 Å². The number of benzene rings is 1. The van der Waals surface area contributed by atoms with Crippen molar-refractivity contribution >= 4 is 17.4 Å². The van der Waals surface area contributed by atoms with Crippen LogP contribution in [0.5, 0.6) is 0 Å². The van der Waals surface area contributed by atoms with Crippen LogP contribution in [0.25, 0.3) is 0 Å². The molecule has 18 heavy (non-hydrogen) atoms. The van der Waals surface area contributed by atoms with E-state index in [-0.39, 0.29) is 16.7 Å². The minimum absolute atomic E-state index is 0.0731. The van der Waals surface area contributed by atoms with E-state index < -0.39 is 5.51 Å². The minimum Gasteiger partial charge on any atom is -0.383 e. The van der Waals surface area contributed by atoms with Crippen LogP contribution in [0.3, 0.4) is 0 Å². The molecule has 1 unspecified atom stereocenters. The second-order valence-corrected chi connectivity index (χ2v) is 5.32. The number of nitrogens with one attached hydrogen (secondary N) is 2.